The molecular formula is C10H19ClN2O4. The van der Waals surface area contributed by atoms with Gasteiger partial charge in [-0.25, -0.2) is 4.79 Å². The molecule has 0 aliphatic carbocycles. The van der Waals surface area contributed by atoms with Crippen molar-refractivity contribution in [2.45, 2.75) is 18.9 Å². The molecule has 7 heteroatoms. The Morgan fingerprint density at radius 1 is 1.47 bits per heavy atom. The van der Waals surface area contributed by atoms with Gasteiger partial charge in [0.2, 0.25) is 5.91 Å². The molecule has 0 aromatic heterocycles. The highest BCUT2D eigenvalue weighted by atomic mass is 35.5. The van der Waals surface area contributed by atoms with Crippen molar-refractivity contribution in [3.8, 4) is 0 Å². The summed E-state index contributed by atoms with van der Waals surface area (Å²) in [6.07, 6.45) is 0.769. The van der Waals surface area contributed by atoms with Crippen LogP contribution in [-0.2, 0) is 14.3 Å². The highest BCUT2D eigenvalue weighted by Gasteiger charge is 2.26. The molecule has 1 amide bonds. The van der Waals surface area contributed by atoms with Gasteiger partial charge in [0, 0.05) is 19.5 Å². The fourth-order valence-electron chi connectivity index (χ4n) is 1.45. The van der Waals surface area contributed by atoms with E-state index in [1.807, 2.05) is 0 Å². The van der Waals surface area contributed by atoms with Gasteiger partial charge in [0.25, 0.3) is 0 Å². The number of carboxylic acid groups (broad SMARTS) is 1. The van der Waals surface area contributed by atoms with E-state index in [9.17, 15) is 9.59 Å². The van der Waals surface area contributed by atoms with Crippen molar-refractivity contribution in [1.29, 1.82) is 0 Å². The fraction of sp³-hybridized carbons (Fsp3) is 0.800. The normalized spacial score (nSPS) is 24.1. The van der Waals surface area contributed by atoms with Crippen molar-refractivity contribution in [2.24, 2.45) is 0 Å². The number of carbonyl (C=O) groups excluding carboxylic acids is 1. The smallest absolute Gasteiger partial charge is 0.326 e. The van der Waals surface area contributed by atoms with Gasteiger partial charge in [-0.3, -0.25) is 4.79 Å². The number of nitrogens with one attached hydrogen (secondary N) is 1. The summed E-state index contributed by atoms with van der Waals surface area (Å²) in [5.41, 5.74) is 0. The van der Waals surface area contributed by atoms with Gasteiger partial charge in [-0.2, -0.15) is 0 Å². The van der Waals surface area contributed by atoms with E-state index in [0.29, 0.717) is 12.8 Å². The highest BCUT2D eigenvalue weighted by Crippen LogP contribution is 2.05. The van der Waals surface area contributed by atoms with E-state index in [1.165, 1.54) is 0 Å². The molecule has 0 aromatic carbocycles. The second-order valence-electron chi connectivity index (χ2n) is 3.91. The molecule has 2 fully saturated rings. The Kier molecular flexibility index (Phi) is 7.86. The Labute approximate surface area is 107 Å². The van der Waals surface area contributed by atoms with Crippen LogP contribution in [0.4, 0.5) is 0 Å². The maximum atomic E-state index is 10.4. The number of halogens is 1. The summed E-state index contributed by atoms with van der Waals surface area (Å²) in [6.45, 7) is 4.02. The number of likely N-dealkylation sites (N-methyl/N-ethyl adjacent to an activating group) is 1. The van der Waals surface area contributed by atoms with Crippen LogP contribution in [-0.4, -0.2) is 61.3 Å². The lowest BCUT2D eigenvalue weighted by Gasteiger charge is -2.21. The Hall–Kier alpha value is -0.850. The van der Waals surface area contributed by atoms with Crippen molar-refractivity contribution in [2.75, 3.05) is 33.4 Å². The Morgan fingerprint density at radius 3 is 2.29 bits per heavy atom. The zero-order valence-corrected chi connectivity index (χ0v) is 10.7. The van der Waals surface area contributed by atoms with Crippen LogP contribution in [0.2, 0.25) is 0 Å². The van der Waals surface area contributed by atoms with Gasteiger partial charge in [-0.15, -0.1) is 12.4 Å². The van der Waals surface area contributed by atoms with E-state index in [2.05, 4.69) is 17.3 Å². The lowest BCUT2D eigenvalue weighted by atomic mass is 10.2. The number of carboxylic acids is 1. The zero-order valence-electron chi connectivity index (χ0n) is 9.85. The molecule has 0 bridgehead atoms. The summed E-state index contributed by atoms with van der Waals surface area (Å²) < 4.78 is 5.10. The maximum absolute atomic E-state index is 10.4. The molecule has 2 aliphatic rings. The molecule has 0 saturated carbocycles. The minimum absolute atomic E-state index is 0. The summed E-state index contributed by atoms with van der Waals surface area (Å²) in [7, 11) is 2.11. The summed E-state index contributed by atoms with van der Waals surface area (Å²) in [4.78, 5) is 22.8. The lowest BCUT2D eigenvalue weighted by molar-refractivity contribution is -0.140. The highest BCUT2D eigenvalue weighted by molar-refractivity contribution is 5.87. The second kappa shape index (κ2) is 8.27. The van der Waals surface area contributed by atoms with E-state index in [4.69, 9.17) is 9.84 Å². The second-order valence-corrected chi connectivity index (χ2v) is 3.91. The molecule has 2 rings (SSSR count). The quantitative estimate of drug-likeness (QED) is 0.683. The van der Waals surface area contributed by atoms with Gasteiger partial charge >= 0.3 is 5.97 Å². The van der Waals surface area contributed by atoms with Gasteiger partial charge in [0.1, 0.15) is 6.04 Å². The minimum Gasteiger partial charge on any atom is -0.480 e. The van der Waals surface area contributed by atoms with Crippen LogP contribution in [0.5, 0.6) is 0 Å². The molecule has 0 unspecified atom stereocenters. The average molecular weight is 267 g/mol. The van der Waals surface area contributed by atoms with Gasteiger partial charge in [0.05, 0.1) is 13.2 Å². The number of carbonyl (C=O) groups is 2. The van der Waals surface area contributed by atoms with Gasteiger partial charge in [0.15, 0.2) is 0 Å². The fourth-order valence-corrected chi connectivity index (χ4v) is 1.45. The molecule has 2 N–H and O–H groups in total. The van der Waals surface area contributed by atoms with Crippen LogP contribution in [0, 0.1) is 0 Å². The summed E-state index contributed by atoms with van der Waals surface area (Å²) in [5.74, 6) is -1.11. The molecule has 2 saturated heterocycles. The number of aliphatic carboxylic acids is 1. The molecule has 2 heterocycles. The van der Waals surface area contributed by atoms with E-state index in [-0.39, 0.29) is 18.3 Å². The average Bonchev–Trinajstić information content (AvgIpc) is 2.67. The first-order valence-corrected chi connectivity index (χ1v) is 5.38. The topological polar surface area (TPSA) is 78.9 Å². The Bertz CT molecular complexity index is 257. The molecule has 17 heavy (non-hydrogen) atoms. The zero-order chi connectivity index (χ0) is 12.0. The van der Waals surface area contributed by atoms with E-state index in [1.54, 1.807) is 0 Å². The number of hydrogen-bond acceptors (Lipinski definition) is 4. The van der Waals surface area contributed by atoms with Crippen LogP contribution in [0.25, 0.3) is 0 Å². The van der Waals surface area contributed by atoms with E-state index < -0.39 is 12.0 Å². The standard InChI is InChI=1S/C5H7NO3.C5H11NO.ClH/c7-4-2-1-3(6-4)5(8)9;1-6-2-4-7-5-3-6;/h3H,1-2H2,(H,6,7)(H,8,9);2-5H2,1H3;1H/t3-;;/m0../s1. The first-order valence-electron chi connectivity index (χ1n) is 5.38. The van der Waals surface area contributed by atoms with Crippen molar-refractivity contribution >= 4 is 24.3 Å². The van der Waals surface area contributed by atoms with Crippen LogP contribution >= 0.6 is 12.4 Å². The summed E-state index contributed by atoms with van der Waals surface area (Å²) in [5, 5.41) is 10.6. The number of hydrogen-bond donors (Lipinski definition) is 2. The largest absolute Gasteiger partial charge is 0.480 e. The van der Waals surface area contributed by atoms with Crippen molar-refractivity contribution < 1.29 is 19.4 Å². The number of ether oxygens (including phenoxy) is 1. The van der Waals surface area contributed by atoms with Crippen LogP contribution in [0.3, 0.4) is 0 Å². The maximum Gasteiger partial charge on any atom is 0.326 e. The number of morpholine rings is 1. The van der Waals surface area contributed by atoms with Crippen molar-refractivity contribution in [3.05, 3.63) is 0 Å². The molecule has 0 aromatic rings. The minimum atomic E-state index is -0.944. The first kappa shape index (κ1) is 16.1. The third-order valence-corrected chi connectivity index (χ3v) is 2.53. The third kappa shape index (κ3) is 6.45. The SMILES string of the molecule is CN1CCOCC1.Cl.O=C1CC[C@@H](C(=O)O)N1. The molecule has 0 radical (unpaired) electrons. The predicted octanol–water partition coefficient (Wildman–Crippen LogP) is -0.280. The van der Waals surface area contributed by atoms with Crippen molar-refractivity contribution in [1.82, 2.24) is 10.2 Å². The Balaban J connectivity index is 0.000000292. The molecule has 0 spiro atoms. The lowest BCUT2D eigenvalue weighted by Crippen LogP contribution is -2.32. The molecule has 2 aliphatic heterocycles. The summed E-state index contributed by atoms with van der Waals surface area (Å²) in [6, 6.07) is -0.641. The third-order valence-electron chi connectivity index (χ3n) is 2.53. The van der Waals surface area contributed by atoms with Crippen LogP contribution < -0.4 is 5.32 Å². The molecule has 6 nitrogen and oxygen atoms in total. The van der Waals surface area contributed by atoms with E-state index >= 15 is 0 Å². The summed E-state index contributed by atoms with van der Waals surface area (Å²) >= 11 is 0. The van der Waals surface area contributed by atoms with Gasteiger partial charge in [-0.05, 0) is 13.5 Å². The van der Waals surface area contributed by atoms with Gasteiger partial charge < -0.3 is 20.1 Å². The molecular weight excluding hydrogens is 248 g/mol. The monoisotopic (exact) mass is 266 g/mol. The molecule has 100 valence electrons. The number of nitrogens with zero attached hydrogens (tertiary/aromatic N) is 1. The van der Waals surface area contributed by atoms with Crippen molar-refractivity contribution in [3.63, 3.8) is 0 Å². The number of rotatable bonds is 1. The Morgan fingerprint density at radius 2 is 2.06 bits per heavy atom. The molecule has 1 atom stereocenters. The van der Waals surface area contributed by atoms with Gasteiger partial charge in [-0.1, -0.05) is 0 Å². The van der Waals surface area contributed by atoms with E-state index in [0.717, 1.165) is 26.3 Å². The van der Waals surface area contributed by atoms with Crippen LogP contribution in [0.1, 0.15) is 12.8 Å². The predicted molar refractivity (Wildman–Crippen MR) is 64.4 cm³/mol. The first-order chi connectivity index (χ1) is 7.59. The van der Waals surface area contributed by atoms with Crippen LogP contribution in [0.15, 0.2) is 0 Å². The number of amides is 1.